The smallest absolute Gasteiger partial charge is 0.333 e. The first-order chi connectivity index (χ1) is 8.22. The largest absolute Gasteiger partial charge is 0.463 e. The van der Waals surface area contributed by atoms with Crippen molar-refractivity contribution in [3.8, 4) is 0 Å². The first-order valence-electron chi connectivity index (χ1n) is 5.64. The minimum absolute atomic E-state index is 0.266. The number of H-pyrrole nitrogens is 1. The Morgan fingerprint density at radius 2 is 2.18 bits per heavy atom. The summed E-state index contributed by atoms with van der Waals surface area (Å²) in [5.41, 5.74) is 2.68. The van der Waals surface area contributed by atoms with E-state index in [4.69, 9.17) is 4.74 Å². The number of carbonyl (C=O) groups is 1. The number of aromatic nitrogens is 1. The number of para-hydroxylation sites is 1. The Hall–Kier alpha value is -2.03. The Balaban J connectivity index is 2.35. The molecule has 1 heterocycles. The number of nitrogens with one attached hydrogen (secondary N) is 1. The molecule has 0 atom stereocenters. The van der Waals surface area contributed by atoms with Gasteiger partial charge in [0.15, 0.2) is 0 Å². The molecule has 0 fully saturated rings. The number of hydrogen-bond donors (Lipinski definition) is 1. The van der Waals surface area contributed by atoms with Crippen LogP contribution in [0.4, 0.5) is 0 Å². The van der Waals surface area contributed by atoms with E-state index in [-0.39, 0.29) is 5.97 Å². The van der Waals surface area contributed by atoms with E-state index in [1.165, 1.54) is 0 Å². The van der Waals surface area contributed by atoms with Gasteiger partial charge in [0.05, 0.1) is 6.61 Å². The summed E-state index contributed by atoms with van der Waals surface area (Å²) in [5.74, 6) is -0.266. The maximum Gasteiger partial charge on any atom is 0.333 e. The summed E-state index contributed by atoms with van der Waals surface area (Å²) in [6.45, 7) is 3.97. The molecule has 0 unspecified atom stereocenters. The normalized spacial score (nSPS) is 11.8. The van der Waals surface area contributed by atoms with Crippen LogP contribution in [0.15, 0.2) is 36.0 Å². The second kappa shape index (κ2) is 4.87. The summed E-state index contributed by atoms with van der Waals surface area (Å²) < 4.78 is 4.95. The molecule has 0 amide bonds. The van der Waals surface area contributed by atoms with Gasteiger partial charge in [-0.2, -0.15) is 0 Å². The average Bonchev–Trinajstić information content (AvgIpc) is 2.73. The van der Waals surface area contributed by atoms with E-state index < -0.39 is 0 Å². The fourth-order valence-electron chi connectivity index (χ4n) is 1.75. The summed E-state index contributed by atoms with van der Waals surface area (Å²) in [5, 5.41) is 1.11. The molecule has 2 aromatic rings. The maximum atomic E-state index is 11.5. The summed E-state index contributed by atoms with van der Waals surface area (Å²) >= 11 is 0. The third kappa shape index (κ3) is 2.38. The van der Waals surface area contributed by atoms with Gasteiger partial charge in [-0.05, 0) is 26.0 Å². The van der Waals surface area contributed by atoms with E-state index in [0.29, 0.717) is 12.2 Å². The highest BCUT2D eigenvalue weighted by Crippen LogP contribution is 2.20. The molecule has 1 aromatic carbocycles. The van der Waals surface area contributed by atoms with Crippen molar-refractivity contribution in [2.75, 3.05) is 6.61 Å². The molecule has 0 aliphatic heterocycles. The van der Waals surface area contributed by atoms with Crippen LogP contribution < -0.4 is 0 Å². The van der Waals surface area contributed by atoms with Crippen LogP contribution in [0.2, 0.25) is 0 Å². The van der Waals surface area contributed by atoms with Crippen LogP contribution >= 0.6 is 0 Å². The second-order valence-electron chi connectivity index (χ2n) is 3.84. The van der Waals surface area contributed by atoms with E-state index >= 15 is 0 Å². The molecule has 1 N–H and O–H groups in total. The molecule has 0 aliphatic carbocycles. The van der Waals surface area contributed by atoms with Gasteiger partial charge in [-0.3, -0.25) is 0 Å². The Bertz CT molecular complexity index is 566. The van der Waals surface area contributed by atoms with E-state index in [2.05, 4.69) is 4.98 Å². The fourth-order valence-corrected chi connectivity index (χ4v) is 1.75. The summed E-state index contributed by atoms with van der Waals surface area (Å²) in [6, 6.07) is 7.99. The number of esters is 1. The van der Waals surface area contributed by atoms with Gasteiger partial charge >= 0.3 is 5.97 Å². The van der Waals surface area contributed by atoms with Gasteiger partial charge in [-0.25, -0.2) is 4.79 Å². The van der Waals surface area contributed by atoms with Crippen LogP contribution in [0, 0.1) is 0 Å². The lowest BCUT2D eigenvalue weighted by Crippen LogP contribution is -2.04. The zero-order valence-electron chi connectivity index (χ0n) is 9.99. The number of rotatable bonds is 3. The van der Waals surface area contributed by atoms with Crippen molar-refractivity contribution < 1.29 is 9.53 Å². The Kier molecular flexibility index (Phi) is 3.28. The number of ether oxygens (including phenoxy) is 1. The average molecular weight is 229 g/mol. The van der Waals surface area contributed by atoms with Crippen molar-refractivity contribution >= 4 is 22.9 Å². The lowest BCUT2D eigenvalue weighted by atomic mass is 10.1. The molecular formula is C14H15NO2. The van der Waals surface area contributed by atoms with E-state index in [0.717, 1.165) is 16.5 Å². The first kappa shape index (κ1) is 11.5. The Morgan fingerprint density at radius 1 is 1.41 bits per heavy atom. The number of fused-ring (bicyclic) bond motifs is 1. The molecule has 0 bridgehead atoms. The molecule has 17 heavy (non-hydrogen) atoms. The molecular weight excluding hydrogens is 214 g/mol. The van der Waals surface area contributed by atoms with Gasteiger partial charge in [0, 0.05) is 28.2 Å². The van der Waals surface area contributed by atoms with Crippen molar-refractivity contribution in [2.24, 2.45) is 0 Å². The number of benzene rings is 1. The minimum Gasteiger partial charge on any atom is -0.463 e. The standard InChI is InChI=1S/C14H15NO2/c1-3-17-14(16)10(2)8-11-9-15-13-7-5-4-6-12(11)13/h4-9,15H,3H2,1-2H3/b10-8+. The molecule has 0 radical (unpaired) electrons. The van der Waals surface area contributed by atoms with Crippen LogP contribution in [0.25, 0.3) is 17.0 Å². The van der Waals surface area contributed by atoms with Gasteiger partial charge in [-0.1, -0.05) is 18.2 Å². The van der Waals surface area contributed by atoms with Gasteiger partial charge in [0.2, 0.25) is 0 Å². The Labute approximate surface area is 100 Å². The van der Waals surface area contributed by atoms with Crippen molar-refractivity contribution in [3.05, 3.63) is 41.6 Å². The highest BCUT2D eigenvalue weighted by Gasteiger charge is 2.06. The third-order valence-electron chi connectivity index (χ3n) is 2.59. The summed E-state index contributed by atoms with van der Waals surface area (Å²) in [4.78, 5) is 14.7. The fraction of sp³-hybridized carbons (Fsp3) is 0.214. The molecule has 0 spiro atoms. The lowest BCUT2D eigenvalue weighted by Gasteiger charge is -2.00. The number of carbonyl (C=O) groups excluding carboxylic acids is 1. The Morgan fingerprint density at radius 3 is 2.94 bits per heavy atom. The first-order valence-corrected chi connectivity index (χ1v) is 5.64. The number of aromatic amines is 1. The topological polar surface area (TPSA) is 42.1 Å². The molecule has 0 saturated heterocycles. The monoisotopic (exact) mass is 229 g/mol. The predicted molar refractivity (Wildman–Crippen MR) is 68.6 cm³/mol. The maximum absolute atomic E-state index is 11.5. The molecule has 3 nitrogen and oxygen atoms in total. The van der Waals surface area contributed by atoms with Crippen LogP contribution in [0.1, 0.15) is 19.4 Å². The van der Waals surface area contributed by atoms with Crippen LogP contribution in [-0.2, 0) is 9.53 Å². The van der Waals surface area contributed by atoms with E-state index in [1.807, 2.05) is 36.5 Å². The van der Waals surface area contributed by atoms with Gasteiger partial charge in [0.25, 0.3) is 0 Å². The molecule has 88 valence electrons. The van der Waals surface area contributed by atoms with E-state index in [9.17, 15) is 4.79 Å². The van der Waals surface area contributed by atoms with Crippen molar-refractivity contribution in [1.29, 1.82) is 0 Å². The number of hydrogen-bond acceptors (Lipinski definition) is 2. The van der Waals surface area contributed by atoms with Crippen molar-refractivity contribution in [2.45, 2.75) is 13.8 Å². The highest BCUT2D eigenvalue weighted by atomic mass is 16.5. The van der Waals surface area contributed by atoms with Crippen LogP contribution in [0.3, 0.4) is 0 Å². The minimum atomic E-state index is -0.266. The summed E-state index contributed by atoms with van der Waals surface area (Å²) in [6.07, 6.45) is 3.74. The van der Waals surface area contributed by atoms with E-state index in [1.54, 1.807) is 13.8 Å². The van der Waals surface area contributed by atoms with Crippen molar-refractivity contribution in [3.63, 3.8) is 0 Å². The van der Waals surface area contributed by atoms with Crippen LogP contribution in [-0.4, -0.2) is 17.6 Å². The summed E-state index contributed by atoms with van der Waals surface area (Å²) in [7, 11) is 0. The quantitative estimate of drug-likeness (QED) is 0.649. The molecule has 1 aromatic heterocycles. The van der Waals surface area contributed by atoms with Crippen LogP contribution in [0.5, 0.6) is 0 Å². The van der Waals surface area contributed by atoms with Gasteiger partial charge in [0.1, 0.15) is 0 Å². The molecule has 0 saturated carbocycles. The zero-order chi connectivity index (χ0) is 12.3. The lowest BCUT2D eigenvalue weighted by molar-refractivity contribution is -0.138. The molecule has 3 heteroatoms. The SMILES string of the molecule is CCOC(=O)/C(C)=C/c1c[nH]c2ccccc12. The van der Waals surface area contributed by atoms with Gasteiger partial charge < -0.3 is 9.72 Å². The third-order valence-corrected chi connectivity index (χ3v) is 2.59. The predicted octanol–water partition coefficient (Wildman–Crippen LogP) is 3.13. The zero-order valence-corrected chi connectivity index (χ0v) is 9.99. The second-order valence-corrected chi connectivity index (χ2v) is 3.84. The molecule has 0 aliphatic rings. The molecule has 2 rings (SSSR count). The van der Waals surface area contributed by atoms with Crippen molar-refractivity contribution in [1.82, 2.24) is 4.98 Å². The van der Waals surface area contributed by atoms with Gasteiger partial charge in [-0.15, -0.1) is 0 Å². The highest BCUT2D eigenvalue weighted by molar-refractivity contribution is 5.97.